The first-order valence-corrected chi connectivity index (χ1v) is 8.04. The van der Waals surface area contributed by atoms with Crippen LogP contribution in [0.2, 0.25) is 0 Å². The fourth-order valence-electron chi connectivity index (χ4n) is 3.34. The number of carbonyl (C=O) groups excluding carboxylic acids is 1. The summed E-state index contributed by atoms with van der Waals surface area (Å²) in [5, 5.41) is 12.1. The fraction of sp³-hybridized carbons (Fsp3) is 0.500. The summed E-state index contributed by atoms with van der Waals surface area (Å²) >= 11 is 1.32. The Labute approximate surface area is 126 Å². The number of rotatable bonds is 2. The summed E-state index contributed by atoms with van der Waals surface area (Å²) in [6.07, 6.45) is 5.43. The molecule has 21 heavy (non-hydrogen) atoms. The van der Waals surface area contributed by atoms with Gasteiger partial charge in [-0.05, 0) is 36.8 Å². The Bertz CT molecular complexity index is 627. The Kier molecular flexibility index (Phi) is 3.14. The maximum Gasteiger partial charge on any atom is 0.323 e. The molecule has 0 aromatic carbocycles. The number of nitrogens with one attached hydrogen (secondary N) is 1. The highest BCUT2D eigenvalue weighted by Gasteiger charge is 2.38. The van der Waals surface area contributed by atoms with E-state index >= 15 is 0 Å². The molecule has 0 bridgehead atoms. The van der Waals surface area contributed by atoms with Crippen LogP contribution in [0.1, 0.15) is 19.3 Å². The molecule has 2 unspecified atom stereocenters. The number of likely N-dealkylation sites (tertiary alicyclic amines) is 1. The van der Waals surface area contributed by atoms with Crippen LogP contribution in [0, 0.1) is 11.8 Å². The molecule has 1 aliphatic heterocycles. The number of aromatic nitrogens is 2. The zero-order valence-corrected chi connectivity index (χ0v) is 12.3. The van der Waals surface area contributed by atoms with Crippen LogP contribution >= 0.6 is 11.3 Å². The summed E-state index contributed by atoms with van der Waals surface area (Å²) in [5.41, 5.74) is 0. The van der Waals surface area contributed by atoms with Crippen molar-refractivity contribution >= 4 is 22.5 Å². The molecule has 2 aromatic heterocycles. The second-order valence-corrected chi connectivity index (χ2v) is 6.65. The summed E-state index contributed by atoms with van der Waals surface area (Å²) < 4.78 is 5.27. The summed E-state index contributed by atoms with van der Waals surface area (Å²) in [5.74, 6) is 2.07. The molecule has 0 spiro atoms. The van der Waals surface area contributed by atoms with E-state index in [0.717, 1.165) is 13.1 Å². The Morgan fingerprint density at radius 1 is 1.33 bits per heavy atom. The van der Waals surface area contributed by atoms with Crippen LogP contribution in [0.5, 0.6) is 0 Å². The maximum atomic E-state index is 12.3. The summed E-state index contributed by atoms with van der Waals surface area (Å²) in [6, 6.07) is 3.57. The molecule has 110 valence electrons. The van der Waals surface area contributed by atoms with E-state index in [1.54, 1.807) is 12.3 Å². The summed E-state index contributed by atoms with van der Waals surface area (Å²) in [6.45, 7) is 1.75. The van der Waals surface area contributed by atoms with Crippen LogP contribution in [0.3, 0.4) is 0 Å². The highest BCUT2D eigenvalue weighted by molar-refractivity contribution is 7.18. The number of carbonyl (C=O) groups is 1. The van der Waals surface area contributed by atoms with Crippen molar-refractivity contribution < 1.29 is 9.21 Å². The number of hydrogen-bond acceptors (Lipinski definition) is 5. The minimum atomic E-state index is -0.0634. The number of urea groups is 1. The number of furan rings is 1. The van der Waals surface area contributed by atoms with E-state index in [4.69, 9.17) is 4.42 Å². The van der Waals surface area contributed by atoms with E-state index < -0.39 is 0 Å². The van der Waals surface area contributed by atoms with Crippen molar-refractivity contribution in [2.45, 2.75) is 19.3 Å². The normalized spacial score (nSPS) is 24.3. The molecule has 2 aromatic rings. The van der Waals surface area contributed by atoms with Crippen molar-refractivity contribution in [2.24, 2.45) is 11.8 Å². The van der Waals surface area contributed by atoms with E-state index in [9.17, 15) is 4.79 Å². The molecule has 1 aliphatic carbocycles. The highest BCUT2D eigenvalue weighted by atomic mass is 32.1. The monoisotopic (exact) mass is 304 g/mol. The third kappa shape index (κ3) is 2.42. The first kappa shape index (κ1) is 12.8. The van der Waals surface area contributed by atoms with E-state index in [-0.39, 0.29) is 6.03 Å². The molecule has 2 fully saturated rings. The lowest BCUT2D eigenvalue weighted by molar-refractivity contribution is 0.219. The van der Waals surface area contributed by atoms with Crippen molar-refractivity contribution in [3.05, 3.63) is 18.4 Å². The Hall–Kier alpha value is -1.89. The predicted molar refractivity (Wildman–Crippen MR) is 79.0 cm³/mol. The predicted octanol–water partition coefficient (Wildman–Crippen LogP) is 3.06. The molecule has 2 atom stereocenters. The van der Waals surface area contributed by atoms with Crippen LogP contribution in [0.25, 0.3) is 10.8 Å². The van der Waals surface area contributed by atoms with Crippen molar-refractivity contribution in [1.29, 1.82) is 0 Å². The SMILES string of the molecule is O=C(Nc1nnc(-c2ccco2)s1)N1CC2CCCC2C1. The lowest BCUT2D eigenvalue weighted by atomic mass is 10.0. The van der Waals surface area contributed by atoms with Gasteiger partial charge in [0.25, 0.3) is 0 Å². The second-order valence-electron chi connectivity index (χ2n) is 5.68. The minimum absolute atomic E-state index is 0.0634. The smallest absolute Gasteiger partial charge is 0.323 e. The van der Waals surface area contributed by atoms with Gasteiger partial charge in [-0.2, -0.15) is 0 Å². The molecule has 1 saturated heterocycles. The van der Waals surface area contributed by atoms with Gasteiger partial charge in [0.15, 0.2) is 10.8 Å². The van der Waals surface area contributed by atoms with E-state index in [2.05, 4.69) is 15.5 Å². The van der Waals surface area contributed by atoms with Crippen molar-refractivity contribution in [1.82, 2.24) is 15.1 Å². The summed E-state index contributed by atoms with van der Waals surface area (Å²) in [7, 11) is 0. The molecule has 4 rings (SSSR count). The third-order valence-corrected chi connectivity index (χ3v) is 5.24. The van der Waals surface area contributed by atoms with Crippen LogP contribution in [-0.4, -0.2) is 34.2 Å². The van der Waals surface area contributed by atoms with Gasteiger partial charge in [0.1, 0.15) is 0 Å². The van der Waals surface area contributed by atoms with Gasteiger partial charge in [-0.3, -0.25) is 5.32 Å². The molecular weight excluding hydrogens is 288 g/mol. The second kappa shape index (κ2) is 5.14. The zero-order valence-electron chi connectivity index (χ0n) is 11.5. The number of amides is 2. The lowest BCUT2D eigenvalue weighted by Gasteiger charge is -2.16. The van der Waals surface area contributed by atoms with Crippen molar-refractivity contribution in [3.63, 3.8) is 0 Å². The molecule has 3 heterocycles. The summed E-state index contributed by atoms with van der Waals surface area (Å²) in [4.78, 5) is 14.2. The Morgan fingerprint density at radius 3 is 2.86 bits per heavy atom. The highest BCUT2D eigenvalue weighted by Crippen LogP contribution is 2.38. The molecule has 7 heteroatoms. The van der Waals surface area contributed by atoms with E-state index in [1.807, 2.05) is 11.0 Å². The van der Waals surface area contributed by atoms with Gasteiger partial charge in [0, 0.05) is 13.1 Å². The average Bonchev–Trinajstić information content (AvgIpc) is 3.22. The van der Waals surface area contributed by atoms with Gasteiger partial charge in [0.05, 0.1) is 6.26 Å². The van der Waals surface area contributed by atoms with Crippen LogP contribution in [0.15, 0.2) is 22.8 Å². The van der Waals surface area contributed by atoms with E-state index in [1.165, 1.54) is 30.6 Å². The minimum Gasteiger partial charge on any atom is -0.462 e. The lowest BCUT2D eigenvalue weighted by Crippen LogP contribution is -2.33. The van der Waals surface area contributed by atoms with Gasteiger partial charge in [-0.1, -0.05) is 17.8 Å². The van der Waals surface area contributed by atoms with Gasteiger partial charge in [-0.25, -0.2) is 4.79 Å². The third-order valence-electron chi connectivity index (χ3n) is 4.38. The first-order valence-electron chi connectivity index (χ1n) is 7.23. The quantitative estimate of drug-likeness (QED) is 0.925. The average molecular weight is 304 g/mol. The molecule has 2 aliphatic rings. The van der Waals surface area contributed by atoms with Crippen LogP contribution in [0.4, 0.5) is 9.93 Å². The number of hydrogen-bond donors (Lipinski definition) is 1. The zero-order chi connectivity index (χ0) is 14.2. The first-order chi connectivity index (χ1) is 10.3. The van der Waals surface area contributed by atoms with Gasteiger partial charge < -0.3 is 9.32 Å². The van der Waals surface area contributed by atoms with Gasteiger partial charge in [-0.15, -0.1) is 10.2 Å². The van der Waals surface area contributed by atoms with E-state index in [0.29, 0.717) is 27.7 Å². The topological polar surface area (TPSA) is 71.3 Å². The van der Waals surface area contributed by atoms with Crippen molar-refractivity contribution in [3.8, 4) is 10.8 Å². The number of nitrogens with zero attached hydrogens (tertiary/aromatic N) is 3. The fourth-order valence-corrected chi connectivity index (χ4v) is 4.05. The largest absolute Gasteiger partial charge is 0.462 e. The Morgan fingerprint density at radius 2 is 2.14 bits per heavy atom. The molecule has 0 radical (unpaired) electrons. The maximum absolute atomic E-state index is 12.3. The molecule has 1 saturated carbocycles. The standard InChI is InChI=1S/C14H16N4O2S/c19-14(18-7-9-3-1-4-10(9)8-18)15-13-17-16-12(21-13)11-5-2-6-20-11/h2,5-6,9-10H,1,3-4,7-8H2,(H,15,17,19). The molecular formula is C14H16N4O2S. The van der Waals surface area contributed by atoms with Crippen LogP contribution in [-0.2, 0) is 0 Å². The number of anilines is 1. The van der Waals surface area contributed by atoms with Gasteiger partial charge >= 0.3 is 6.03 Å². The molecule has 6 nitrogen and oxygen atoms in total. The molecule has 2 amide bonds. The number of fused-ring (bicyclic) bond motifs is 1. The van der Waals surface area contributed by atoms with Gasteiger partial charge in [0.2, 0.25) is 5.13 Å². The van der Waals surface area contributed by atoms with Crippen LogP contribution < -0.4 is 5.32 Å². The molecule has 1 N–H and O–H groups in total. The Balaban J connectivity index is 1.41. The van der Waals surface area contributed by atoms with Crippen molar-refractivity contribution in [2.75, 3.05) is 18.4 Å².